The number of benzene rings is 8. The Hall–Kier alpha value is -6.12. The first-order valence-corrected chi connectivity index (χ1v) is 15.9. The second kappa shape index (κ2) is 8.74. The molecule has 0 saturated carbocycles. The van der Waals surface area contributed by atoms with Crippen LogP contribution in [0.3, 0.4) is 0 Å². The van der Waals surface area contributed by atoms with Gasteiger partial charge < -0.3 is 9.13 Å². The predicted molar refractivity (Wildman–Crippen MR) is 195 cm³/mol. The molecule has 1 aliphatic carbocycles. The Balaban J connectivity index is 1.28. The summed E-state index contributed by atoms with van der Waals surface area (Å²) in [5.74, 6) is 0. The molecule has 0 spiro atoms. The second-order valence-electron chi connectivity index (χ2n) is 12.5. The number of hydrogen-bond acceptors (Lipinski definition) is 0. The quantitative estimate of drug-likeness (QED) is 0.196. The predicted octanol–water partition coefficient (Wildman–Crippen LogP) is 11.8. The van der Waals surface area contributed by atoms with Gasteiger partial charge in [0.15, 0.2) is 0 Å². The molecular weight excluding hydrogens is 556 g/mol. The van der Waals surface area contributed by atoms with Crippen molar-refractivity contribution in [3.63, 3.8) is 0 Å². The van der Waals surface area contributed by atoms with Crippen molar-refractivity contribution >= 4 is 65.2 Å². The number of fused-ring (bicyclic) bond motifs is 2. The maximum Gasteiger partial charge on any atom is 0.0548 e. The van der Waals surface area contributed by atoms with Crippen LogP contribution in [0.25, 0.3) is 98.8 Å². The molecular formula is C44H26N2. The first-order chi connectivity index (χ1) is 22.8. The van der Waals surface area contributed by atoms with Crippen molar-refractivity contribution in [2.45, 2.75) is 0 Å². The fourth-order valence-electron chi connectivity index (χ4n) is 8.28. The van der Waals surface area contributed by atoms with E-state index in [0.29, 0.717) is 0 Å². The Morgan fingerprint density at radius 2 is 0.848 bits per heavy atom. The molecule has 0 bridgehead atoms. The maximum absolute atomic E-state index is 2.49. The fraction of sp³-hybridized carbons (Fsp3) is 0. The van der Waals surface area contributed by atoms with Gasteiger partial charge in [0.25, 0.3) is 0 Å². The van der Waals surface area contributed by atoms with Crippen LogP contribution in [0.2, 0.25) is 0 Å². The number of para-hydroxylation sites is 1. The number of aromatic nitrogens is 2. The van der Waals surface area contributed by atoms with Crippen LogP contribution in [0.4, 0.5) is 0 Å². The number of rotatable bonds is 3. The van der Waals surface area contributed by atoms with E-state index in [9.17, 15) is 0 Å². The first-order valence-electron chi connectivity index (χ1n) is 15.9. The molecule has 0 atom stereocenters. The summed E-state index contributed by atoms with van der Waals surface area (Å²) < 4.78 is 4.93. The molecule has 10 aromatic rings. The van der Waals surface area contributed by atoms with E-state index in [1.54, 1.807) is 0 Å². The van der Waals surface area contributed by atoms with Gasteiger partial charge in [-0.05, 0) is 93.0 Å². The summed E-state index contributed by atoms with van der Waals surface area (Å²) in [7, 11) is 0. The van der Waals surface area contributed by atoms with Crippen molar-refractivity contribution < 1.29 is 0 Å². The topological polar surface area (TPSA) is 9.86 Å². The summed E-state index contributed by atoms with van der Waals surface area (Å²) in [5.41, 5.74) is 12.4. The summed E-state index contributed by atoms with van der Waals surface area (Å²) in [6.07, 6.45) is 0. The van der Waals surface area contributed by atoms with Crippen LogP contribution in [0.1, 0.15) is 0 Å². The Labute approximate surface area is 265 Å². The van der Waals surface area contributed by atoms with Crippen molar-refractivity contribution in [2.24, 2.45) is 0 Å². The minimum atomic E-state index is 1.18. The van der Waals surface area contributed by atoms with Crippen LogP contribution in [0.5, 0.6) is 0 Å². The van der Waals surface area contributed by atoms with Crippen molar-refractivity contribution in [1.82, 2.24) is 9.13 Å². The lowest BCUT2D eigenvalue weighted by atomic mass is 9.98. The Bertz CT molecular complexity index is 2890. The van der Waals surface area contributed by atoms with E-state index >= 15 is 0 Å². The molecule has 46 heavy (non-hydrogen) atoms. The van der Waals surface area contributed by atoms with Gasteiger partial charge in [-0.1, -0.05) is 103 Å². The van der Waals surface area contributed by atoms with E-state index in [-0.39, 0.29) is 0 Å². The Morgan fingerprint density at radius 1 is 0.283 bits per heavy atom. The molecule has 1 aliphatic rings. The average Bonchev–Trinajstić information content (AvgIpc) is 3.60. The molecule has 0 aliphatic heterocycles. The third-order valence-electron chi connectivity index (χ3n) is 10.2. The van der Waals surface area contributed by atoms with Crippen LogP contribution >= 0.6 is 0 Å². The molecule has 2 heterocycles. The monoisotopic (exact) mass is 582 g/mol. The highest BCUT2D eigenvalue weighted by atomic mass is 15.0. The lowest BCUT2D eigenvalue weighted by Crippen LogP contribution is -1.94. The summed E-state index contributed by atoms with van der Waals surface area (Å²) in [6.45, 7) is 0. The standard InChI is InChI=1S/C44H26N2/c1-3-9-27(10-4-1)30-18-17-28-19-22-33(26-31(28)25-30)46-37-16-8-14-35-34-13-7-15-36-41(34)43-38(45(36)32-11-5-2-6-12-32)23-20-29-21-24-39(46)44(40(29)43)42(35)37/h1-26H. The van der Waals surface area contributed by atoms with E-state index in [0.717, 1.165) is 0 Å². The van der Waals surface area contributed by atoms with Gasteiger partial charge in [-0.3, -0.25) is 0 Å². The highest BCUT2D eigenvalue weighted by Gasteiger charge is 2.26. The van der Waals surface area contributed by atoms with Gasteiger partial charge in [-0.15, -0.1) is 0 Å². The van der Waals surface area contributed by atoms with Crippen molar-refractivity contribution in [3.8, 4) is 33.6 Å². The van der Waals surface area contributed by atoms with Gasteiger partial charge in [-0.2, -0.15) is 0 Å². The van der Waals surface area contributed by atoms with Gasteiger partial charge >= 0.3 is 0 Å². The zero-order chi connectivity index (χ0) is 29.9. The third kappa shape index (κ3) is 3.05. The smallest absolute Gasteiger partial charge is 0.0548 e. The van der Waals surface area contributed by atoms with E-state index in [4.69, 9.17) is 0 Å². The number of hydrogen-bond donors (Lipinski definition) is 0. The van der Waals surface area contributed by atoms with E-state index in [1.807, 2.05) is 0 Å². The molecule has 0 fully saturated rings. The van der Waals surface area contributed by atoms with Crippen molar-refractivity contribution in [1.29, 1.82) is 0 Å². The van der Waals surface area contributed by atoms with Gasteiger partial charge in [0.1, 0.15) is 0 Å². The average molecular weight is 583 g/mol. The zero-order valence-electron chi connectivity index (χ0n) is 24.9. The minimum absolute atomic E-state index is 1.18. The Kier molecular flexibility index (Phi) is 4.61. The molecule has 0 saturated heterocycles. The second-order valence-corrected chi connectivity index (χ2v) is 12.5. The molecule has 0 radical (unpaired) electrons. The summed E-state index contributed by atoms with van der Waals surface area (Å²) in [6, 6.07) is 58.1. The van der Waals surface area contributed by atoms with Crippen molar-refractivity contribution in [2.75, 3.05) is 0 Å². The third-order valence-corrected chi connectivity index (χ3v) is 10.2. The molecule has 11 rings (SSSR count). The molecule has 8 aromatic carbocycles. The lowest BCUT2D eigenvalue weighted by Gasteiger charge is -2.12. The van der Waals surface area contributed by atoms with E-state index in [1.165, 1.54) is 98.8 Å². The summed E-state index contributed by atoms with van der Waals surface area (Å²) >= 11 is 0. The lowest BCUT2D eigenvalue weighted by molar-refractivity contribution is 1.18. The van der Waals surface area contributed by atoms with Crippen LogP contribution in [0.15, 0.2) is 158 Å². The molecule has 0 amide bonds. The maximum atomic E-state index is 2.49. The molecule has 2 aromatic heterocycles. The van der Waals surface area contributed by atoms with Crippen molar-refractivity contribution in [3.05, 3.63) is 158 Å². The first kappa shape index (κ1) is 24.2. The van der Waals surface area contributed by atoms with Gasteiger partial charge in [0.05, 0.1) is 22.1 Å². The molecule has 0 N–H and O–H groups in total. The highest BCUT2D eigenvalue weighted by Crippen LogP contribution is 2.51. The Morgan fingerprint density at radius 3 is 1.52 bits per heavy atom. The van der Waals surface area contributed by atoms with E-state index in [2.05, 4.69) is 167 Å². The zero-order valence-corrected chi connectivity index (χ0v) is 24.9. The number of nitrogens with zero attached hydrogens (tertiary/aromatic N) is 2. The van der Waals surface area contributed by atoms with Gasteiger partial charge in [-0.25, -0.2) is 0 Å². The normalized spacial score (nSPS) is 12.3. The summed E-state index contributed by atoms with van der Waals surface area (Å²) in [4.78, 5) is 0. The van der Waals surface area contributed by atoms with Crippen LogP contribution in [-0.4, -0.2) is 9.13 Å². The van der Waals surface area contributed by atoms with Gasteiger partial charge in [0.2, 0.25) is 0 Å². The molecule has 0 unspecified atom stereocenters. The van der Waals surface area contributed by atoms with Crippen LogP contribution < -0.4 is 0 Å². The highest BCUT2D eigenvalue weighted by molar-refractivity contribution is 6.38. The molecule has 2 heteroatoms. The largest absolute Gasteiger partial charge is 0.309 e. The van der Waals surface area contributed by atoms with Crippen LogP contribution in [-0.2, 0) is 0 Å². The molecule has 212 valence electrons. The van der Waals surface area contributed by atoms with E-state index < -0.39 is 0 Å². The fourth-order valence-corrected chi connectivity index (χ4v) is 8.28. The summed E-state index contributed by atoms with van der Waals surface area (Å²) in [5, 5.41) is 10.5. The van der Waals surface area contributed by atoms with Gasteiger partial charge in [0, 0.05) is 38.3 Å². The SMILES string of the molecule is c1ccc(-c2ccc3ccc(-n4c5cccc6c5c5c7c(ccc8c7c7c-6cccc7n8-c6ccccc6)ccc54)cc3c2)cc1. The molecule has 2 nitrogen and oxygen atoms in total. The van der Waals surface area contributed by atoms with Crippen LogP contribution in [0, 0.1) is 0 Å². The minimum Gasteiger partial charge on any atom is -0.309 e.